The molecule has 0 aliphatic rings. The molecule has 0 fully saturated rings. The summed E-state index contributed by atoms with van der Waals surface area (Å²) in [5, 5.41) is 4.22. The van der Waals surface area contributed by atoms with Crippen molar-refractivity contribution in [1.29, 1.82) is 0 Å². The average molecular weight is 246 g/mol. The van der Waals surface area contributed by atoms with Gasteiger partial charge in [-0.2, -0.15) is 0 Å². The smallest absolute Gasteiger partial charge is 0.164 e. The van der Waals surface area contributed by atoms with Gasteiger partial charge in [0.1, 0.15) is 0 Å². The van der Waals surface area contributed by atoms with E-state index in [9.17, 15) is 0 Å². The highest BCUT2D eigenvalue weighted by atomic mass is 16.5. The van der Waals surface area contributed by atoms with Gasteiger partial charge < -0.3 is 14.8 Å². The van der Waals surface area contributed by atoms with Crippen molar-refractivity contribution in [2.45, 2.75) is 13.5 Å². The molecule has 0 amide bonds. The van der Waals surface area contributed by atoms with Gasteiger partial charge in [-0.3, -0.25) is 4.98 Å². The van der Waals surface area contributed by atoms with Crippen molar-refractivity contribution in [2.24, 2.45) is 0 Å². The van der Waals surface area contributed by atoms with Crippen molar-refractivity contribution in [1.82, 2.24) is 10.3 Å². The van der Waals surface area contributed by atoms with Gasteiger partial charge in [0, 0.05) is 29.8 Å². The van der Waals surface area contributed by atoms with E-state index in [1.807, 2.05) is 26.2 Å². The van der Waals surface area contributed by atoms with Gasteiger partial charge in [-0.25, -0.2) is 0 Å². The second-order valence-electron chi connectivity index (χ2n) is 4.18. The van der Waals surface area contributed by atoms with Crippen LogP contribution < -0.4 is 14.8 Å². The van der Waals surface area contributed by atoms with E-state index in [4.69, 9.17) is 9.47 Å². The van der Waals surface area contributed by atoms with Gasteiger partial charge in [0.25, 0.3) is 0 Å². The first-order valence-corrected chi connectivity index (χ1v) is 5.86. The Morgan fingerprint density at radius 1 is 1.22 bits per heavy atom. The highest BCUT2D eigenvalue weighted by Gasteiger charge is 2.12. The van der Waals surface area contributed by atoms with Crippen molar-refractivity contribution in [3.05, 3.63) is 29.5 Å². The van der Waals surface area contributed by atoms with Crippen LogP contribution in [0, 0.1) is 6.92 Å². The zero-order chi connectivity index (χ0) is 13.1. The molecule has 1 N–H and O–H groups in total. The Labute approximate surface area is 107 Å². The number of hydrogen-bond acceptors (Lipinski definition) is 4. The molecule has 4 heteroatoms. The van der Waals surface area contributed by atoms with Crippen LogP contribution in [0.2, 0.25) is 0 Å². The lowest BCUT2D eigenvalue weighted by Crippen LogP contribution is -2.05. The van der Waals surface area contributed by atoms with Crippen molar-refractivity contribution in [3.63, 3.8) is 0 Å². The van der Waals surface area contributed by atoms with Crippen molar-refractivity contribution < 1.29 is 9.47 Å². The fourth-order valence-electron chi connectivity index (χ4n) is 2.14. The normalized spacial score (nSPS) is 10.7. The summed E-state index contributed by atoms with van der Waals surface area (Å²) in [5.41, 5.74) is 3.13. The summed E-state index contributed by atoms with van der Waals surface area (Å²) < 4.78 is 10.7. The summed E-state index contributed by atoms with van der Waals surface area (Å²) in [6.45, 7) is 2.82. The fraction of sp³-hybridized carbons (Fsp3) is 0.357. The number of ether oxygens (including phenoxy) is 2. The second-order valence-corrected chi connectivity index (χ2v) is 4.18. The molecule has 0 atom stereocenters. The van der Waals surface area contributed by atoms with Crippen LogP contribution in [-0.4, -0.2) is 26.3 Å². The van der Waals surface area contributed by atoms with Gasteiger partial charge in [0.15, 0.2) is 11.5 Å². The maximum absolute atomic E-state index is 5.41. The lowest BCUT2D eigenvalue weighted by atomic mass is 10.1. The van der Waals surface area contributed by atoms with Crippen LogP contribution in [-0.2, 0) is 6.54 Å². The van der Waals surface area contributed by atoms with Crippen LogP contribution in [0.5, 0.6) is 11.5 Å². The summed E-state index contributed by atoms with van der Waals surface area (Å²) in [5.74, 6) is 1.49. The molecule has 0 unspecified atom stereocenters. The Balaban J connectivity index is 2.66. The van der Waals surface area contributed by atoms with Crippen LogP contribution in [0.3, 0.4) is 0 Å². The van der Waals surface area contributed by atoms with E-state index >= 15 is 0 Å². The number of rotatable bonds is 4. The van der Waals surface area contributed by atoms with E-state index in [-0.39, 0.29) is 0 Å². The molecular formula is C14H18N2O2. The number of aryl methyl sites for hydroxylation is 1. The molecule has 0 aliphatic carbocycles. The number of nitrogens with zero attached hydrogens (tertiary/aromatic N) is 1. The Morgan fingerprint density at radius 2 is 2.00 bits per heavy atom. The van der Waals surface area contributed by atoms with E-state index in [0.717, 1.165) is 40.1 Å². The standard InChI is InChI=1S/C14H18N2O2/c1-9-11-5-10(7-15-2)8-16-12(11)6-13(17-3)14(9)18-4/h5-6,8,15H,7H2,1-4H3. The molecule has 1 aromatic carbocycles. The zero-order valence-electron chi connectivity index (χ0n) is 11.2. The lowest BCUT2D eigenvalue weighted by molar-refractivity contribution is 0.354. The molecular weight excluding hydrogens is 228 g/mol. The molecule has 2 rings (SSSR count). The van der Waals surface area contributed by atoms with Crippen molar-refractivity contribution in [3.8, 4) is 11.5 Å². The molecule has 18 heavy (non-hydrogen) atoms. The van der Waals surface area contributed by atoms with Gasteiger partial charge in [0.05, 0.1) is 19.7 Å². The largest absolute Gasteiger partial charge is 0.493 e. The molecule has 4 nitrogen and oxygen atoms in total. The Morgan fingerprint density at radius 3 is 2.61 bits per heavy atom. The molecule has 96 valence electrons. The number of hydrogen-bond donors (Lipinski definition) is 1. The topological polar surface area (TPSA) is 43.4 Å². The zero-order valence-corrected chi connectivity index (χ0v) is 11.2. The minimum atomic E-state index is 0.719. The van der Waals surface area contributed by atoms with Crippen LogP contribution in [0.1, 0.15) is 11.1 Å². The van der Waals surface area contributed by atoms with Gasteiger partial charge in [-0.05, 0) is 25.6 Å². The number of pyridine rings is 1. The number of aromatic nitrogens is 1. The quantitative estimate of drug-likeness (QED) is 0.898. The van der Waals surface area contributed by atoms with Crippen LogP contribution >= 0.6 is 0 Å². The lowest BCUT2D eigenvalue weighted by Gasteiger charge is -2.13. The van der Waals surface area contributed by atoms with E-state index < -0.39 is 0 Å². The molecule has 0 saturated carbocycles. The fourth-order valence-corrected chi connectivity index (χ4v) is 2.14. The monoisotopic (exact) mass is 246 g/mol. The maximum atomic E-state index is 5.41. The average Bonchev–Trinajstić information content (AvgIpc) is 2.39. The molecule has 1 aromatic heterocycles. The predicted molar refractivity (Wildman–Crippen MR) is 72.3 cm³/mol. The van der Waals surface area contributed by atoms with Gasteiger partial charge in [0.2, 0.25) is 0 Å². The van der Waals surface area contributed by atoms with Gasteiger partial charge in [-0.15, -0.1) is 0 Å². The maximum Gasteiger partial charge on any atom is 0.164 e. The molecule has 0 aliphatic heterocycles. The van der Waals surface area contributed by atoms with E-state index in [1.165, 1.54) is 0 Å². The molecule has 1 heterocycles. The highest BCUT2D eigenvalue weighted by molar-refractivity contribution is 5.87. The minimum Gasteiger partial charge on any atom is -0.493 e. The number of nitrogens with one attached hydrogen (secondary N) is 1. The molecule has 0 bridgehead atoms. The van der Waals surface area contributed by atoms with Crippen molar-refractivity contribution >= 4 is 10.9 Å². The first-order chi connectivity index (χ1) is 8.71. The third-order valence-electron chi connectivity index (χ3n) is 3.02. The summed E-state index contributed by atoms with van der Waals surface area (Å²) >= 11 is 0. The van der Waals surface area contributed by atoms with Crippen LogP contribution in [0.15, 0.2) is 18.3 Å². The molecule has 0 radical (unpaired) electrons. The molecule has 2 aromatic rings. The molecule has 0 spiro atoms. The summed E-state index contributed by atoms with van der Waals surface area (Å²) in [6.07, 6.45) is 1.88. The number of fused-ring (bicyclic) bond motifs is 1. The second kappa shape index (κ2) is 5.23. The number of methoxy groups -OCH3 is 2. The Hall–Kier alpha value is -1.81. The summed E-state index contributed by atoms with van der Waals surface area (Å²) in [4.78, 5) is 4.47. The van der Waals surface area contributed by atoms with E-state index in [0.29, 0.717) is 0 Å². The first-order valence-electron chi connectivity index (χ1n) is 5.86. The molecule has 0 saturated heterocycles. The van der Waals surface area contributed by atoms with E-state index in [2.05, 4.69) is 16.4 Å². The Bertz CT molecular complexity index is 567. The number of benzene rings is 1. The summed E-state index contributed by atoms with van der Waals surface area (Å²) in [7, 11) is 5.21. The third-order valence-corrected chi connectivity index (χ3v) is 3.02. The van der Waals surface area contributed by atoms with Gasteiger partial charge in [-0.1, -0.05) is 0 Å². The van der Waals surface area contributed by atoms with Gasteiger partial charge >= 0.3 is 0 Å². The predicted octanol–water partition coefficient (Wildman–Crippen LogP) is 2.28. The van der Waals surface area contributed by atoms with Crippen LogP contribution in [0.25, 0.3) is 10.9 Å². The SMILES string of the molecule is CNCc1cnc2cc(OC)c(OC)c(C)c2c1. The summed E-state index contributed by atoms with van der Waals surface area (Å²) in [6, 6.07) is 4.04. The minimum absolute atomic E-state index is 0.719. The van der Waals surface area contributed by atoms with E-state index in [1.54, 1.807) is 14.2 Å². The van der Waals surface area contributed by atoms with Crippen molar-refractivity contribution in [2.75, 3.05) is 21.3 Å². The van der Waals surface area contributed by atoms with Crippen LogP contribution in [0.4, 0.5) is 0 Å². The first kappa shape index (κ1) is 12.6. The highest BCUT2D eigenvalue weighted by Crippen LogP contribution is 2.36. The third kappa shape index (κ3) is 2.11. The Kier molecular flexibility index (Phi) is 3.67.